The summed E-state index contributed by atoms with van der Waals surface area (Å²) in [4.78, 5) is 18.8. The summed E-state index contributed by atoms with van der Waals surface area (Å²) in [5.41, 5.74) is 1.98. The van der Waals surface area contributed by atoms with Crippen molar-refractivity contribution < 1.29 is 22.7 Å². The average Bonchev–Trinajstić information content (AvgIpc) is 3.05. The zero-order chi connectivity index (χ0) is 20.4. The minimum absolute atomic E-state index is 0.0916. The van der Waals surface area contributed by atoms with Crippen LogP contribution in [0.2, 0.25) is 0 Å². The van der Waals surface area contributed by atoms with Gasteiger partial charge in [-0.3, -0.25) is 4.79 Å². The molecule has 4 rings (SSSR count). The van der Waals surface area contributed by atoms with Crippen molar-refractivity contribution in [2.75, 3.05) is 19.7 Å². The van der Waals surface area contributed by atoms with Gasteiger partial charge in [0.05, 0.1) is 24.2 Å². The average molecular weight is 421 g/mol. The third kappa shape index (κ3) is 4.40. The molecule has 1 aromatic heterocycles. The van der Waals surface area contributed by atoms with Crippen LogP contribution in [0.3, 0.4) is 0 Å². The van der Waals surface area contributed by atoms with Crippen molar-refractivity contribution in [3.05, 3.63) is 59.9 Å². The molecule has 152 valence electrons. The number of thioether (sulfide) groups is 1. The van der Waals surface area contributed by atoms with Crippen LogP contribution < -0.4 is 0 Å². The summed E-state index contributed by atoms with van der Waals surface area (Å²) in [6.07, 6.45) is -0.359. The van der Waals surface area contributed by atoms with E-state index in [2.05, 4.69) is 4.98 Å². The van der Waals surface area contributed by atoms with Crippen molar-refractivity contribution in [1.82, 2.24) is 14.5 Å². The molecule has 0 radical (unpaired) electrons. The fourth-order valence-electron chi connectivity index (χ4n) is 3.37. The molecule has 1 aliphatic rings. The molecular formula is C20H18F3N3O2S. The number of fused-ring (bicyclic) bond motifs is 1. The Morgan fingerprint density at radius 2 is 1.97 bits per heavy atom. The maximum absolute atomic E-state index is 13.2. The number of amides is 1. The van der Waals surface area contributed by atoms with Gasteiger partial charge in [-0.2, -0.15) is 8.78 Å². The molecule has 9 heteroatoms. The number of carbonyl (C=O) groups excluding carboxylic acids is 1. The van der Waals surface area contributed by atoms with E-state index >= 15 is 0 Å². The topological polar surface area (TPSA) is 47.4 Å². The number of halogens is 3. The van der Waals surface area contributed by atoms with E-state index in [4.69, 9.17) is 4.74 Å². The largest absolute Gasteiger partial charge is 0.370 e. The fraction of sp³-hybridized carbons (Fsp3) is 0.300. The number of carbonyl (C=O) groups is 1. The Hall–Kier alpha value is -2.52. The number of aromatic nitrogens is 2. The molecule has 5 nitrogen and oxygen atoms in total. The molecule has 3 aromatic rings. The third-order valence-electron chi connectivity index (χ3n) is 4.77. The highest BCUT2D eigenvalue weighted by atomic mass is 32.2. The second-order valence-corrected chi connectivity index (χ2v) is 7.56. The Balaban J connectivity index is 1.53. The highest BCUT2D eigenvalue weighted by molar-refractivity contribution is 7.99. The highest BCUT2D eigenvalue weighted by Gasteiger charge is 2.27. The molecule has 1 unspecified atom stereocenters. The molecule has 1 atom stereocenters. The SMILES string of the molecule is O=C(Cn1c(SC(F)F)nc2ccccc21)N1CCOC(c2ccc(F)cc2)C1. The Morgan fingerprint density at radius 1 is 1.21 bits per heavy atom. The lowest BCUT2D eigenvalue weighted by molar-refractivity contribution is -0.139. The molecule has 0 aliphatic carbocycles. The second-order valence-electron chi connectivity index (χ2n) is 6.60. The van der Waals surface area contributed by atoms with Crippen molar-refractivity contribution >= 4 is 28.7 Å². The number of morpholine rings is 1. The molecule has 29 heavy (non-hydrogen) atoms. The van der Waals surface area contributed by atoms with Crippen molar-refractivity contribution in [3.8, 4) is 0 Å². The zero-order valence-electron chi connectivity index (χ0n) is 15.3. The van der Waals surface area contributed by atoms with Gasteiger partial charge in [-0.05, 0) is 41.6 Å². The van der Waals surface area contributed by atoms with Crippen LogP contribution in [-0.2, 0) is 16.1 Å². The van der Waals surface area contributed by atoms with E-state index in [1.807, 2.05) is 0 Å². The van der Waals surface area contributed by atoms with Gasteiger partial charge in [0.25, 0.3) is 5.76 Å². The number of benzene rings is 2. The van der Waals surface area contributed by atoms with E-state index in [-0.39, 0.29) is 29.5 Å². The van der Waals surface area contributed by atoms with Crippen molar-refractivity contribution in [3.63, 3.8) is 0 Å². The van der Waals surface area contributed by atoms with E-state index in [1.54, 1.807) is 41.3 Å². The summed E-state index contributed by atoms with van der Waals surface area (Å²) in [6, 6.07) is 13.0. The van der Waals surface area contributed by atoms with E-state index < -0.39 is 5.76 Å². The first-order valence-electron chi connectivity index (χ1n) is 9.06. The minimum atomic E-state index is -2.63. The van der Waals surface area contributed by atoms with Crippen molar-refractivity contribution in [2.45, 2.75) is 23.6 Å². The zero-order valence-corrected chi connectivity index (χ0v) is 16.1. The molecule has 1 amide bonds. The second kappa shape index (κ2) is 8.46. The summed E-state index contributed by atoms with van der Waals surface area (Å²) in [5.74, 6) is -3.18. The lowest BCUT2D eigenvalue weighted by atomic mass is 10.1. The predicted molar refractivity (Wildman–Crippen MR) is 103 cm³/mol. The number of hydrogen-bond donors (Lipinski definition) is 0. The standard InChI is InChI=1S/C20H18F3N3O2S/c21-14-7-5-13(6-8-14)17-11-25(9-10-28-17)18(27)12-26-16-4-2-1-3-15(16)24-20(26)29-19(22)23/h1-8,17,19H,9-12H2. The van der Waals surface area contributed by atoms with E-state index in [0.29, 0.717) is 42.5 Å². The van der Waals surface area contributed by atoms with Gasteiger partial charge in [-0.15, -0.1) is 0 Å². The molecule has 0 saturated carbocycles. The Morgan fingerprint density at radius 3 is 2.72 bits per heavy atom. The number of rotatable bonds is 5. The number of ether oxygens (including phenoxy) is 1. The molecule has 2 heterocycles. The van der Waals surface area contributed by atoms with Crippen LogP contribution in [0.4, 0.5) is 13.2 Å². The van der Waals surface area contributed by atoms with Gasteiger partial charge >= 0.3 is 0 Å². The van der Waals surface area contributed by atoms with Gasteiger partial charge in [0.15, 0.2) is 5.16 Å². The number of hydrogen-bond acceptors (Lipinski definition) is 4. The van der Waals surface area contributed by atoms with E-state index in [0.717, 1.165) is 5.56 Å². The summed E-state index contributed by atoms with van der Waals surface area (Å²) >= 11 is 0.326. The van der Waals surface area contributed by atoms with Gasteiger partial charge in [-0.25, -0.2) is 9.37 Å². The predicted octanol–water partition coefficient (Wildman–Crippen LogP) is 4.09. The first-order valence-corrected chi connectivity index (χ1v) is 9.94. The fourth-order valence-corrected chi connectivity index (χ4v) is 3.97. The molecule has 1 aliphatic heterocycles. The van der Waals surface area contributed by atoms with Crippen LogP contribution in [0.25, 0.3) is 11.0 Å². The number of alkyl halides is 2. The maximum Gasteiger partial charge on any atom is 0.291 e. The lowest BCUT2D eigenvalue weighted by Gasteiger charge is -2.33. The normalized spacial score (nSPS) is 17.2. The summed E-state index contributed by atoms with van der Waals surface area (Å²) in [5, 5.41) is 0.109. The molecule has 0 N–H and O–H groups in total. The smallest absolute Gasteiger partial charge is 0.291 e. The number of para-hydroxylation sites is 2. The number of imidazole rings is 1. The van der Waals surface area contributed by atoms with Crippen LogP contribution in [0.1, 0.15) is 11.7 Å². The minimum Gasteiger partial charge on any atom is -0.370 e. The summed E-state index contributed by atoms with van der Waals surface area (Å²) in [6.45, 7) is 0.970. The first-order chi connectivity index (χ1) is 14.0. The van der Waals surface area contributed by atoms with Gasteiger partial charge in [-0.1, -0.05) is 24.3 Å². The van der Waals surface area contributed by atoms with E-state index in [1.165, 1.54) is 16.7 Å². The molecule has 0 bridgehead atoms. The van der Waals surface area contributed by atoms with Crippen molar-refractivity contribution in [1.29, 1.82) is 0 Å². The van der Waals surface area contributed by atoms with Gasteiger partial charge in [0, 0.05) is 6.54 Å². The van der Waals surface area contributed by atoms with Crippen LogP contribution in [-0.4, -0.2) is 45.8 Å². The first kappa shape index (κ1) is 19.8. The molecule has 1 saturated heterocycles. The van der Waals surface area contributed by atoms with Crippen LogP contribution in [0.15, 0.2) is 53.7 Å². The van der Waals surface area contributed by atoms with Crippen LogP contribution in [0, 0.1) is 5.82 Å². The quantitative estimate of drug-likeness (QED) is 0.583. The molecule has 1 fully saturated rings. The third-order valence-corrected chi connectivity index (χ3v) is 5.47. The molecule has 2 aromatic carbocycles. The van der Waals surface area contributed by atoms with Gasteiger partial charge in [0.2, 0.25) is 5.91 Å². The van der Waals surface area contributed by atoms with Gasteiger partial charge in [0.1, 0.15) is 18.5 Å². The highest BCUT2D eigenvalue weighted by Crippen LogP contribution is 2.29. The van der Waals surface area contributed by atoms with E-state index in [9.17, 15) is 18.0 Å². The van der Waals surface area contributed by atoms with Crippen LogP contribution >= 0.6 is 11.8 Å². The molecule has 0 spiro atoms. The monoisotopic (exact) mass is 421 g/mol. The Labute approximate surface area is 169 Å². The Bertz CT molecular complexity index is 1010. The lowest BCUT2D eigenvalue weighted by Crippen LogP contribution is -2.43. The summed E-state index contributed by atoms with van der Waals surface area (Å²) < 4.78 is 46.3. The summed E-state index contributed by atoms with van der Waals surface area (Å²) in [7, 11) is 0. The Kier molecular flexibility index (Phi) is 5.77. The van der Waals surface area contributed by atoms with Crippen LogP contribution in [0.5, 0.6) is 0 Å². The maximum atomic E-state index is 13.2. The van der Waals surface area contributed by atoms with Crippen molar-refractivity contribution in [2.24, 2.45) is 0 Å². The number of nitrogens with zero attached hydrogens (tertiary/aromatic N) is 3. The van der Waals surface area contributed by atoms with Gasteiger partial charge < -0.3 is 14.2 Å². The molecular weight excluding hydrogens is 403 g/mol.